The summed E-state index contributed by atoms with van der Waals surface area (Å²) in [6, 6.07) is 16.7. The van der Waals surface area contributed by atoms with Gasteiger partial charge >= 0.3 is 6.18 Å². The number of H-pyrrole nitrogens is 1. The van der Waals surface area contributed by atoms with Crippen LogP contribution in [0.15, 0.2) is 67.0 Å². The first-order valence-electron chi connectivity index (χ1n) is 10.9. The van der Waals surface area contributed by atoms with Crippen LogP contribution in [0.2, 0.25) is 0 Å². The van der Waals surface area contributed by atoms with Crippen LogP contribution in [0.3, 0.4) is 0 Å². The molecule has 7 nitrogen and oxygen atoms in total. The first kappa shape index (κ1) is 22.5. The Balaban J connectivity index is 1.39. The number of ether oxygens (including phenoxy) is 1. The number of imidazole rings is 2. The number of nitrogens with one attached hydrogen (secondary N) is 2. The second kappa shape index (κ2) is 8.79. The van der Waals surface area contributed by atoms with Crippen molar-refractivity contribution in [2.24, 2.45) is 7.05 Å². The molecule has 0 saturated heterocycles. The number of fused-ring (bicyclic) bond motifs is 1. The van der Waals surface area contributed by atoms with E-state index in [4.69, 9.17) is 9.72 Å². The first-order valence-corrected chi connectivity index (χ1v) is 10.9. The molecule has 178 valence electrons. The molecular weight excluding hydrogens is 457 g/mol. The van der Waals surface area contributed by atoms with Crippen LogP contribution < -0.4 is 10.1 Å². The number of anilines is 2. The molecule has 0 aliphatic heterocycles. The van der Waals surface area contributed by atoms with Crippen molar-refractivity contribution in [1.29, 1.82) is 0 Å². The number of nitrogens with zero attached hydrogens (tertiary/aromatic N) is 4. The fraction of sp³-hybridized carbons (Fsp3) is 0.160. The quantitative estimate of drug-likeness (QED) is 0.292. The minimum atomic E-state index is -4.51. The predicted molar refractivity (Wildman–Crippen MR) is 127 cm³/mol. The van der Waals surface area contributed by atoms with E-state index < -0.39 is 11.9 Å². The third kappa shape index (κ3) is 4.54. The number of halogens is 3. The summed E-state index contributed by atoms with van der Waals surface area (Å²) >= 11 is 0. The number of rotatable bonds is 6. The molecule has 3 heterocycles. The number of alkyl halides is 3. The molecule has 35 heavy (non-hydrogen) atoms. The van der Waals surface area contributed by atoms with Crippen molar-refractivity contribution >= 4 is 22.7 Å². The van der Waals surface area contributed by atoms with E-state index in [0.717, 1.165) is 29.3 Å². The smallest absolute Gasteiger partial charge is 0.432 e. The molecule has 3 aromatic heterocycles. The zero-order chi connectivity index (χ0) is 24.6. The Hall–Kier alpha value is -4.34. The minimum Gasteiger partial charge on any atom is -0.457 e. The normalized spacial score (nSPS) is 11.7. The SMILES string of the molecule is CCc1ccccc1Nc1nc2cc(Oc3ccnc(-c4ncc(C(F)(F)F)[nH]4)c3)ccc2n1C. The maximum Gasteiger partial charge on any atom is 0.432 e. The maximum atomic E-state index is 12.9. The summed E-state index contributed by atoms with van der Waals surface area (Å²) in [6.45, 7) is 2.10. The molecule has 0 bridgehead atoms. The highest BCUT2D eigenvalue weighted by atomic mass is 19.4. The summed E-state index contributed by atoms with van der Waals surface area (Å²) in [6.07, 6.45) is -1.42. The molecule has 0 radical (unpaired) electrons. The van der Waals surface area contributed by atoms with E-state index in [-0.39, 0.29) is 11.5 Å². The van der Waals surface area contributed by atoms with Crippen molar-refractivity contribution in [3.63, 3.8) is 0 Å². The minimum absolute atomic E-state index is 0.00558. The Bertz CT molecular complexity index is 1500. The topological polar surface area (TPSA) is 80.7 Å². The largest absolute Gasteiger partial charge is 0.457 e. The van der Waals surface area contributed by atoms with Crippen LogP contribution in [0, 0.1) is 0 Å². The summed E-state index contributed by atoms with van der Waals surface area (Å²) in [5.41, 5.74) is 3.14. The van der Waals surface area contributed by atoms with Crippen molar-refractivity contribution in [1.82, 2.24) is 24.5 Å². The Morgan fingerprint density at radius 3 is 2.60 bits per heavy atom. The number of aromatic nitrogens is 5. The molecule has 0 spiro atoms. The second-order valence-corrected chi connectivity index (χ2v) is 7.90. The van der Waals surface area contributed by atoms with E-state index >= 15 is 0 Å². The molecule has 0 saturated carbocycles. The standard InChI is InChI=1S/C25H21F3N6O/c1-3-15-6-4-5-7-18(15)31-24-32-19-12-16(8-9-21(19)34(24)2)35-17-10-11-29-20(13-17)23-30-14-22(33-23)25(26,27)28/h4-14H,3H2,1-2H3,(H,30,33)(H,31,32). The predicted octanol–water partition coefficient (Wildman–Crippen LogP) is 6.48. The van der Waals surface area contributed by atoms with Crippen molar-refractivity contribution in [2.45, 2.75) is 19.5 Å². The van der Waals surface area contributed by atoms with E-state index in [1.807, 2.05) is 41.9 Å². The lowest BCUT2D eigenvalue weighted by Crippen LogP contribution is -2.04. The molecule has 2 N–H and O–H groups in total. The van der Waals surface area contributed by atoms with Gasteiger partial charge in [-0.3, -0.25) is 4.98 Å². The highest BCUT2D eigenvalue weighted by Gasteiger charge is 2.33. The molecule has 5 rings (SSSR count). The molecule has 0 atom stereocenters. The Labute approximate surface area is 198 Å². The average molecular weight is 478 g/mol. The zero-order valence-corrected chi connectivity index (χ0v) is 18.9. The molecule has 10 heteroatoms. The van der Waals surface area contributed by atoms with E-state index in [2.05, 4.69) is 33.3 Å². The molecule has 0 amide bonds. The van der Waals surface area contributed by atoms with Crippen LogP contribution in [0.5, 0.6) is 11.5 Å². The van der Waals surface area contributed by atoms with Crippen LogP contribution in [-0.2, 0) is 19.6 Å². The van der Waals surface area contributed by atoms with Gasteiger partial charge in [0.2, 0.25) is 5.95 Å². The number of aryl methyl sites for hydroxylation is 2. The third-order valence-corrected chi connectivity index (χ3v) is 5.59. The van der Waals surface area contributed by atoms with E-state index in [1.54, 1.807) is 12.1 Å². The van der Waals surface area contributed by atoms with Gasteiger partial charge in [-0.25, -0.2) is 9.97 Å². The summed E-state index contributed by atoms with van der Waals surface area (Å²) in [7, 11) is 1.93. The van der Waals surface area contributed by atoms with Crippen molar-refractivity contribution in [2.75, 3.05) is 5.32 Å². The van der Waals surface area contributed by atoms with Gasteiger partial charge in [0.15, 0.2) is 5.82 Å². The molecule has 2 aromatic carbocycles. The Morgan fingerprint density at radius 1 is 1.03 bits per heavy atom. The van der Waals surface area contributed by atoms with Gasteiger partial charge in [-0.05, 0) is 36.2 Å². The molecule has 0 aliphatic carbocycles. The van der Waals surface area contributed by atoms with Crippen LogP contribution in [-0.4, -0.2) is 24.5 Å². The van der Waals surface area contributed by atoms with Crippen molar-refractivity contribution < 1.29 is 17.9 Å². The van der Waals surface area contributed by atoms with Crippen molar-refractivity contribution in [3.05, 3.63) is 78.2 Å². The molecular formula is C25H21F3N6O. The number of benzene rings is 2. The van der Waals surface area contributed by atoms with Gasteiger partial charge in [-0.15, -0.1) is 0 Å². The lowest BCUT2D eigenvalue weighted by Gasteiger charge is -2.10. The zero-order valence-electron chi connectivity index (χ0n) is 18.9. The van der Waals surface area contributed by atoms with Gasteiger partial charge in [0.25, 0.3) is 0 Å². The van der Waals surface area contributed by atoms with Crippen molar-refractivity contribution in [3.8, 4) is 23.0 Å². The number of hydrogen-bond acceptors (Lipinski definition) is 5. The highest BCUT2D eigenvalue weighted by molar-refractivity contribution is 5.81. The summed E-state index contributed by atoms with van der Waals surface area (Å²) in [5, 5.41) is 3.40. The molecule has 5 aromatic rings. The Kier molecular flexibility index (Phi) is 5.64. The van der Waals surface area contributed by atoms with Gasteiger partial charge in [0, 0.05) is 31.1 Å². The average Bonchev–Trinajstić information content (AvgIpc) is 3.45. The van der Waals surface area contributed by atoms with Gasteiger partial charge in [0.05, 0.1) is 17.2 Å². The third-order valence-electron chi connectivity index (χ3n) is 5.59. The summed E-state index contributed by atoms with van der Waals surface area (Å²) < 4.78 is 46.5. The lowest BCUT2D eigenvalue weighted by molar-refractivity contribution is -0.140. The molecule has 0 aliphatic rings. The number of hydrogen-bond donors (Lipinski definition) is 2. The number of para-hydroxylation sites is 1. The Morgan fingerprint density at radius 2 is 1.83 bits per heavy atom. The van der Waals surface area contributed by atoms with Crippen LogP contribution >= 0.6 is 0 Å². The van der Waals surface area contributed by atoms with Gasteiger partial charge in [-0.1, -0.05) is 25.1 Å². The van der Waals surface area contributed by atoms with E-state index in [1.165, 1.54) is 17.8 Å². The fourth-order valence-corrected chi connectivity index (χ4v) is 3.76. The molecule has 0 fully saturated rings. The first-order chi connectivity index (χ1) is 16.8. The van der Waals surface area contributed by atoms with Gasteiger partial charge < -0.3 is 19.6 Å². The molecule has 0 unspecified atom stereocenters. The van der Waals surface area contributed by atoms with Gasteiger partial charge in [0.1, 0.15) is 22.9 Å². The van der Waals surface area contributed by atoms with Crippen LogP contribution in [0.25, 0.3) is 22.6 Å². The fourth-order valence-electron chi connectivity index (χ4n) is 3.76. The number of aromatic amines is 1. The summed E-state index contributed by atoms with van der Waals surface area (Å²) in [4.78, 5) is 14.9. The van der Waals surface area contributed by atoms with E-state index in [0.29, 0.717) is 17.4 Å². The van der Waals surface area contributed by atoms with Crippen LogP contribution in [0.1, 0.15) is 18.2 Å². The monoisotopic (exact) mass is 478 g/mol. The van der Waals surface area contributed by atoms with Gasteiger partial charge in [-0.2, -0.15) is 13.2 Å². The lowest BCUT2D eigenvalue weighted by atomic mass is 10.1. The second-order valence-electron chi connectivity index (χ2n) is 7.90. The maximum absolute atomic E-state index is 12.9. The van der Waals surface area contributed by atoms with E-state index in [9.17, 15) is 13.2 Å². The highest BCUT2D eigenvalue weighted by Crippen LogP contribution is 2.31. The summed E-state index contributed by atoms with van der Waals surface area (Å²) in [5.74, 6) is 1.64. The number of pyridine rings is 1. The van der Waals surface area contributed by atoms with Crippen LogP contribution in [0.4, 0.5) is 24.8 Å².